The lowest BCUT2D eigenvalue weighted by atomic mass is 10.5. The minimum atomic E-state index is 0.405. The Labute approximate surface area is 92.7 Å². The number of hydrogen-bond donors (Lipinski definition) is 2. The van der Waals surface area contributed by atoms with E-state index in [2.05, 4.69) is 25.7 Å². The summed E-state index contributed by atoms with van der Waals surface area (Å²) in [6, 6.07) is 3.47. The zero-order chi connectivity index (χ0) is 11.4. The molecule has 0 bridgehead atoms. The molecule has 2 aromatic rings. The van der Waals surface area contributed by atoms with E-state index in [1.807, 2.05) is 11.5 Å². The van der Waals surface area contributed by atoms with Crippen LogP contribution in [0.5, 0.6) is 0 Å². The highest BCUT2D eigenvalue weighted by molar-refractivity contribution is 5.38. The van der Waals surface area contributed by atoms with E-state index in [9.17, 15) is 0 Å². The Morgan fingerprint density at radius 3 is 2.88 bits per heavy atom. The van der Waals surface area contributed by atoms with Crippen LogP contribution in [0.1, 0.15) is 12.7 Å². The van der Waals surface area contributed by atoms with Crippen LogP contribution >= 0.6 is 0 Å². The fourth-order valence-electron chi connectivity index (χ4n) is 1.29. The molecule has 16 heavy (non-hydrogen) atoms. The van der Waals surface area contributed by atoms with Crippen molar-refractivity contribution in [2.24, 2.45) is 0 Å². The van der Waals surface area contributed by atoms with Crippen LogP contribution in [0.4, 0.5) is 11.6 Å². The van der Waals surface area contributed by atoms with Gasteiger partial charge in [-0.3, -0.25) is 0 Å². The Bertz CT molecular complexity index is 447. The highest BCUT2D eigenvalue weighted by atomic mass is 15.3. The topological polar surface area (TPSA) is 94.5 Å². The lowest BCUT2D eigenvalue weighted by Crippen LogP contribution is -2.09. The maximum Gasteiger partial charge on any atom is 0.152 e. The zero-order valence-electron chi connectivity index (χ0n) is 8.96. The first kappa shape index (κ1) is 10.3. The molecule has 0 aromatic carbocycles. The number of anilines is 2. The van der Waals surface area contributed by atoms with Crippen LogP contribution in [0.15, 0.2) is 18.5 Å². The van der Waals surface area contributed by atoms with E-state index < -0.39 is 0 Å². The van der Waals surface area contributed by atoms with Crippen LogP contribution in [-0.4, -0.2) is 25.0 Å². The number of nitrogens with two attached hydrogens (primary N) is 1. The minimum Gasteiger partial charge on any atom is -0.382 e. The van der Waals surface area contributed by atoms with Gasteiger partial charge in [-0.15, -0.1) is 20.4 Å². The molecule has 0 atom stereocenters. The van der Waals surface area contributed by atoms with E-state index in [1.165, 1.54) is 0 Å². The van der Waals surface area contributed by atoms with E-state index in [0.717, 1.165) is 12.4 Å². The second-order valence-electron chi connectivity index (χ2n) is 3.23. The van der Waals surface area contributed by atoms with E-state index in [-0.39, 0.29) is 0 Å². The summed E-state index contributed by atoms with van der Waals surface area (Å²) in [5, 5.41) is 18.6. The van der Waals surface area contributed by atoms with Gasteiger partial charge in [-0.25, -0.2) is 0 Å². The van der Waals surface area contributed by atoms with E-state index in [4.69, 9.17) is 5.73 Å². The van der Waals surface area contributed by atoms with Gasteiger partial charge < -0.3 is 15.6 Å². The standard InChI is InChI=1S/C9H13N7/c1-2-16-6-12-15-9(16)5-11-8-4-3-7(10)13-14-8/h3-4,6H,2,5H2,1H3,(H2,10,13)(H,11,14). The summed E-state index contributed by atoms with van der Waals surface area (Å²) in [4.78, 5) is 0. The Kier molecular flexibility index (Phi) is 2.95. The lowest BCUT2D eigenvalue weighted by molar-refractivity contribution is 0.707. The molecule has 2 aromatic heterocycles. The quantitative estimate of drug-likeness (QED) is 0.767. The van der Waals surface area contributed by atoms with Gasteiger partial charge in [0.2, 0.25) is 0 Å². The van der Waals surface area contributed by atoms with Gasteiger partial charge in [0.05, 0.1) is 6.54 Å². The van der Waals surface area contributed by atoms with Gasteiger partial charge in [0.15, 0.2) is 5.82 Å². The van der Waals surface area contributed by atoms with Crippen LogP contribution in [0.2, 0.25) is 0 Å². The third kappa shape index (κ3) is 2.25. The average Bonchev–Trinajstić information content (AvgIpc) is 2.76. The summed E-state index contributed by atoms with van der Waals surface area (Å²) in [5.74, 6) is 1.93. The number of nitrogen functional groups attached to an aromatic ring is 1. The predicted octanol–water partition coefficient (Wildman–Crippen LogP) is 0.282. The smallest absolute Gasteiger partial charge is 0.152 e. The lowest BCUT2D eigenvalue weighted by Gasteiger charge is -2.05. The molecule has 3 N–H and O–H groups in total. The number of aryl methyl sites for hydroxylation is 1. The van der Waals surface area contributed by atoms with Crippen LogP contribution in [0.25, 0.3) is 0 Å². The first-order valence-electron chi connectivity index (χ1n) is 4.99. The summed E-state index contributed by atoms with van der Waals surface area (Å²) >= 11 is 0. The summed E-state index contributed by atoms with van der Waals surface area (Å²) in [5.41, 5.74) is 5.44. The fraction of sp³-hybridized carbons (Fsp3) is 0.333. The Morgan fingerprint density at radius 1 is 1.31 bits per heavy atom. The summed E-state index contributed by atoms with van der Waals surface area (Å²) < 4.78 is 1.96. The maximum atomic E-state index is 5.44. The predicted molar refractivity (Wildman–Crippen MR) is 59.5 cm³/mol. The number of nitrogens with one attached hydrogen (secondary N) is 1. The normalized spacial score (nSPS) is 10.3. The first-order valence-corrected chi connectivity index (χ1v) is 4.99. The molecule has 0 radical (unpaired) electrons. The van der Waals surface area contributed by atoms with Crippen molar-refractivity contribution in [3.05, 3.63) is 24.3 Å². The van der Waals surface area contributed by atoms with Crippen molar-refractivity contribution in [1.29, 1.82) is 0 Å². The van der Waals surface area contributed by atoms with Gasteiger partial charge in [0.1, 0.15) is 18.0 Å². The van der Waals surface area contributed by atoms with Crippen molar-refractivity contribution in [1.82, 2.24) is 25.0 Å². The molecule has 2 heterocycles. The van der Waals surface area contributed by atoms with Crippen molar-refractivity contribution in [2.45, 2.75) is 20.0 Å². The molecule has 0 fully saturated rings. The van der Waals surface area contributed by atoms with Gasteiger partial charge >= 0.3 is 0 Å². The number of nitrogens with zero attached hydrogens (tertiary/aromatic N) is 5. The Morgan fingerprint density at radius 2 is 2.19 bits per heavy atom. The van der Waals surface area contributed by atoms with Crippen LogP contribution in [-0.2, 0) is 13.1 Å². The number of rotatable bonds is 4. The van der Waals surface area contributed by atoms with Crippen molar-refractivity contribution < 1.29 is 0 Å². The highest BCUT2D eigenvalue weighted by Gasteiger charge is 2.02. The average molecular weight is 219 g/mol. The molecule has 7 heteroatoms. The molecule has 0 aliphatic heterocycles. The first-order chi connectivity index (χ1) is 7.79. The number of aromatic nitrogens is 5. The second kappa shape index (κ2) is 4.56. The van der Waals surface area contributed by atoms with E-state index in [0.29, 0.717) is 18.2 Å². The third-order valence-corrected chi connectivity index (χ3v) is 2.15. The zero-order valence-corrected chi connectivity index (χ0v) is 8.96. The summed E-state index contributed by atoms with van der Waals surface area (Å²) in [6.07, 6.45) is 1.70. The molecule has 0 aliphatic carbocycles. The fourth-order valence-corrected chi connectivity index (χ4v) is 1.29. The molecule has 84 valence electrons. The molecule has 2 rings (SSSR count). The molecular formula is C9H13N7. The largest absolute Gasteiger partial charge is 0.382 e. The van der Waals surface area contributed by atoms with Gasteiger partial charge in [0, 0.05) is 6.54 Å². The Hall–Kier alpha value is -2.18. The second-order valence-corrected chi connectivity index (χ2v) is 3.23. The minimum absolute atomic E-state index is 0.405. The molecular weight excluding hydrogens is 206 g/mol. The molecule has 0 aliphatic rings. The molecule has 0 unspecified atom stereocenters. The van der Waals surface area contributed by atoms with Crippen LogP contribution in [0, 0.1) is 0 Å². The van der Waals surface area contributed by atoms with Crippen molar-refractivity contribution in [3.63, 3.8) is 0 Å². The van der Waals surface area contributed by atoms with Crippen LogP contribution < -0.4 is 11.1 Å². The van der Waals surface area contributed by atoms with E-state index >= 15 is 0 Å². The SMILES string of the molecule is CCn1cnnc1CNc1ccc(N)nn1. The monoisotopic (exact) mass is 219 g/mol. The van der Waals surface area contributed by atoms with E-state index in [1.54, 1.807) is 18.5 Å². The van der Waals surface area contributed by atoms with Crippen LogP contribution in [0.3, 0.4) is 0 Å². The van der Waals surface area contributed by atoms with Gasteiger partial charge in [0.25, 0.3) is 0 Å². The highest BCUT2D eigenvalue weighted by Crippen LogP contribution is 2.04. The van der Waals surface area contributed by atoms with Crippen molar-refractivity contribution in [2.75, 3.05) is 11.1 Å². The number of hydrogen-bond acceptors (Lipinski definition) is 6. The molecule has 0 saturated heterocycles. The van der Waals surface area contributed by atoms with Gasteiger partial charge in [-0.1, -0.05) is 0 Å². The molecule has 0 amide bonds. The maximum absolute atomic E-state index is 5.44. The molecule has 7 nitrogen and oxygen atoms in total. The molecule has 0 spiro atoms. The van der Waals surface area contributed by atoms with Gasteiger partial charge in [-0.2, -0.15) is 0 Å². The summed E-state index contributed by atoms with van der Waals surface area (Å²) in [7, 11) is 0. The molecule has 0 saturated carbocycles. The van der Waals surface area contributed by atoms with Crippen molar-refractivity contribution >= 4 is 11.6 Å². The summed E-state index contributed by atoms with van der Waals surface area (Å²) in [6.45, 7) is 3.44. The third-order valence-electron chi connectivity index (χ3n) is 2.15. The van der Waals surface area contributed by atoms with Crippen molar-refractivity contribution in [3.8, 4) is 0 Å². The Balaban J connectivity index is 1.99. The van der Waals surface area contributed by atoms with Gasteiger partial charge in [-0.05, 0) is 19.1 Å².